The molecule has 0 saturated carbocycles. The number of carbonyl (C=O) groups excluding carboxylic acids is 1. The molecule has 1 aliphatic rings. The van der Waals surface area contributed by atoms with Crippen LogP contribution in [0, 0.1) is 6.92 Å². The van der Waals surface area contributed by atoms with Gasteiger partial charge in [0.05, 0.1) is 6.54 Å². The molecule has 110 valence electrons. The lowest BCUT2D eigenvalue weighted by Gasteiger charge is -2.26. The van der Waals surface area contributed by atoms with E-state index >= 15 is 0 Å². The summed E-state index contributed by atoms with van der Waals surface area (Å²) in [5.74, 6) is 0.896. The summed E-state index contributed by atoms with van der Waals surface area (Å²) in [5, 5.41) is 11.4. The molecule has 6 nitrogen and oxygen atoms in total. The van der Waals surface area contributed by atoms with Crippen LogP contribution in [0.2, 0.25) is 0 Å². The summed E-state index contributed by atoms with van der Waals surface area (Å²) < 4.78 is 1.73. The van der Waals surface area contributed by atoms with Gasteiger partial charge in [-0.2, -0.15) is 0 Å². The third kappa shape index (κ3) is 3.09. The van der Waals surface area contributed by atoms with Crippen LogP contribution in [0.25, 0.3) is 0 Å². The van der Waals surface area contributed by atoms with Gasteiger partial charge < -0.3 is 4.90 Å². The monoisotopic (exact) mass is 285 g/mol. The van der Waals surface area contributed by atoms with Gasteiger partial charge in [-0.1, -0.05) is 12.1 Å². The van der Waals surface area contributed by atoms with E-state index in [0.717, 1.165) is 42.9 Å². The van der Waals surface area contributed by atoms with Gasteiger partial charge in [0.25, 0.3) is 5.91 Å². The standard InChI is InChI=1S/C15H19N5O/c1-12-16-17-18-20(12)11-13-6-5-7-14(10-13)15(21)19-8-3-2-4-9-19/h5-7,10H,2-4,8-9,11H2,1H3. The minimum Gasteiger partial charge on any atom is -0.339 e. The van der Waals surface area contributed by atoms with Crippen LogP contribution in [0.4, 0.5) is 0 Å². The Kier molecular flexibility index (Phi) is 3.94. The maximum absolute atomic E-state index is 12.5. The quantitative estimate of drug-likeness (QED) is 0.860. The van der Waals surface area contributed by atoms with Gasteiger partial charge in [0.15, 0.2) is 0 Å². The minimum absolute atomic E-state index is 0.130. The Bertz CT molecular complexity index is 630. The van der Waals surface area contributed by atoms with E-state index in [4.69, 9.17) is 0 Å². The highest BCUT2D eigenvalue weighted by Gasteiger charge is 2.18. The number of tetrazole rings is 1. The first kappa shape index (κ1) is 13.7. The minimum atomic E-state index is 0.130. The number of rotatable bonds is 3. The number of hydrogen-bond acceptors (Lipinski definition) is 4. The fourth-order valence-electron chi connectivity index (χ4n) is 2.65. The number of carbonyl (C=O) groups is 1. The van der Waals surface area contributed by atoms with Crippen molar-refractivity contribution in [2.24, 2.45) is 0 Å². The molecule has 1 aliphatic heterocycles. The molecule has 6 heteroatoms. The van der Waals surface area contributed by atoms with Crippen LogP contribution in [0.15, 0.2) is 24.3 Å². The summed E-state index contributed by atoms with van der Waals surface area (Å²) in [5.41, 5.74) is 1.79. The number of aromatic nitrogens is 4. The molecule has 0 bridgehead atoms. The lowest BCUT2D eigenvalue weighted by atomic mass is 10.1. The van der Waals surface area contributed by atoms with Gasteiger partial charge in [-0.15, -0.1) is 5.10 Å². The van der Waals surface area contributed by atoms with E-state index in [1.165, 1.54) is 6.42 Å². The Morgan fingerprint density at radius 1 is 1.24 bits per heavy atom. The molecule has 0 radical (unpaired) electrons. The van der Waals surface area contributed by atoms with Gasteiger partial charge in [0, 0.05) is 18.7 Å². The van der Waals surface area contributed by atoms with Gasteiger partial charge in [0.1, 0.15) is 5.82 Å². The smallest absolute Gasteiger partial charge is 0.253 e. The topological polar surface area (TPSA) is 63.9 Å². The number of benzene rings is 1. The third-order valence-corrected chi connectivity index (χ3v) is 3.86. The molecule has 2 heterocycles. The molecule has 0 spiro atoms. The number of nitrogens with zero attached hydrogens (tertiary/aromatic N) is 5. The molecule has 0 atom stereocenters. The first-order chi connectivity index (χ1) is 10.2. The van der Waals surface area contributed by atoms with Crippen LogP contribution in [-0.2, 0) is 6.54 Å². The molecule has 1 aromatic carbocycles. The zero-order valence-corrected chi connectivity index (χ0v) is 12.2. The number of amides is 1. The van der Waals surface area contributed by atoms with E-state index in [1.54, 1.807) is 4.68 Å². The normalized spacial score (nSPS) is 15.2. The highest BCUT2D eigenvalue weighted by Crippen LogP contribution is 2.14. The maximum Gasteiger partial charge on any atom is 0.253 e. The van der Waals surface area contributed by atoms with Crippen molar-refractivity contribution in [2.75, 3.05) is 13.1 Å². The summed E-state index contributed by atoms with van der Waals surface area (Å²) in [6, 6.07) is 7.74. The van der Waals surface area contributed by atoms with Crippen molar-refractivity contribution in [3.63, 3.8) is 0 Å². The Hall–Kier alpha value is -2.24. The molecule has 1 amide bonds. The Labute approximate surface area is 123 Å². The Morgan fingerprint density at radius 3 is 2.76 bits per heavy atom. The van der Waals surface area contributed by atoms with Crippen molar-refractivity contribution >= 4 is 5.91 Å². The summed E-state index contributed by atoms with van der Waals surface area (Å²) in [4.78, 5) is 14.4. The Morgan fingerprint density at radius 2 is 2.05 bits per heavy atom. The molecular formula is C15H19N5O. The molecule has 1 saturated heterocycles. The van der Waals surface area contributed by atoms with Crippen LogP contribution < -0.4 is 0 Å². The molecule has 0 unspecified atom stereocenters. The number of piperidine rings is 1. The molecule has 2 aromatic rings. The molecule has 21 heavy (non-hydrogen) atoms. The maximum atomic E-state index is 12.5. The van der Waals surface area contributed by atoms with E-state index in [-0.39, 0.29) is 5.91 Å². The van der Waals surface area contributed by atoms with E-state index < -0.39 is 0 Å². The van der Waals surface area contributed by atoms with E-state index in [9.17, 15) is 4.79 Å². The van der Waals surface area contributed by atoms with E-state index in [0.29, 0.717) is 6.54 Å². The number of hydrogen-bond donors (Lipinski definition) is 0. The van der Waals surface area contributed by atoms with Gasteiger partial charge in [0.2, 0.25) is 0 Å². The zero-order chi connectivity index (χ0) is 14.7. The van der Waals surface area contributed by atoms with Gasteiger partial charge in [-0.05, 0) is 54.3 Å². The first-order valence-electron chi connectivity index (χ1n) is 7.35. The summed E-state index contributed by atoms with van der Waals surface area (Å²) in [6.45, 7) is 4.19. The second-order valence-electron chi connectivity index (χ2n) is 5.44. The highest BCUT2D eigenvalue weighted by molar-refractivity contribution is 5.94. The van der Waals surface area contributed by atoms with Gasteiger partial charge in [-0.3, -0.25) is 4.79 Å². The highest BCUT2D eigenvalue weighted by atomic mass is 16.2. The first-order valence-corrected chi connectivity index (χ1v) is 7.35. The van der Waals surface area contributed by atoms with Gasteiger partial charge in [-0.25, -0.2) is 4.68 Å². The average molecular weight is 285 g/mol. The third-order valence-electron chi connectivity index (χ3n) is 3.86. The molecule has 1 fully saturated rings. The molecule has 0 N–H and O–H groups in total. The fourth-order valence-corrected chi connectivity index (χ4v) is 2.65. The van der Waals surface area contributed by atoms with Crippen molar-refractivity contribution in [1.82, 2.24) is 25.1 Å². The molecule has 1 aromatic heterocycles. The average Bonchev–Trinajstić information content (AvgIpc) is 2.93. The van der Waals surface area contributed by atoms with Crippen molar-refractivity contribution in [3.05, 3.63) is 41.2 Å². The number of likely N-dealkylation sites (tertiary alicyclic amines) is 1. The van der Waals surface area contributed by atoms with Crippen LogP contribution in [-0.4, -0.2) is 44.1 Å². The van der Waals surface area contributed by atoms with Crippen LogP contribution in [0.1, 0.15) is 41.0 Å². The van der Waals surface area contributed by atoms with Crippen LogP contribution in [0.3, 0.4) is 0 Å². The largest absolute Gasteiger partial charge is 0.339 e. The van der Waals surface area contributed by atoms with Gasteiger partial charge >= 0.3 is 0 Å². The second-order valence-corrected chi connectivity index (χ2v) is 5.44. The molecule has 3 rings (SSSR count). The SMILES string of the molecule is Cc1nnnn1Cc1cccc(C(=O)N2CCCCC2)c1. The predicted molar refractivity (Wildman–Crippen MR) is 77.9 cm³/mol. The van der Waals surface area contributed by atoms with Crippen molar-refractivity contribution in [2.45, 2.75) is 32.7 Å². The summed E-state index contributed by atoms with van der Waals surface area (Å²) in [6.07, 6.45) is 3.44. The Balaban J connectivity index is 1.76. The molecule has 0 aliphatic carbocycles. The zero-order valence-electron chi connectivity index (χ0n) is 12.2. The van der Waals surface area contributed by atoms with Crippen molar-refractivity contribution < 1.29 is 4.79 Å². The van der Waals surface area contributed by atoms with Crippen LogP contribution >= 0.6 is 0 Å². The van der Waals surface area contributed by atoms with Crippen molar-refractivity contribution in [1.29, 1.82) is 0 Å². The summed E-state index contributed by atoms with van der Waals surface area (Å²) >= 11 is 0. The summed E-state index contributed by atoms with van der Waals surface area (Å²) in [7, 11) is 0. The van der Waals surface area contributed by atoms with E-state index in [1.807, 2.05) is 36.1 Å². The molecular weight excluding hydrogens is 266 g/mol. The lowest BCUT2D eigenvalue weighted by molar-refractivity contribution is 0.0724. The second kappa shape index (κ2) is 6.03. The van der Waals surface area contributed by atoms with Crippen LogP contribution in [0.5, 0.6) is 0 Å². The van der Waals surface area contributed by atoms with E-state index in [2.05, 4.69) is 15.5 Å². The number of aryl methyl sites for hydroxylation is 1. The van der Waals surface area contributed by atoms with Crippen molar-refractivity contribution in [3.8, 4) is 0 Å². The lowest BCUT2D eigenvalue weighted by Crippen LogP contribution is -2.35. The fraction of sp³-hybridized carbons (Fsp3) is 0.467. The predicted octanol–water partition coefficient (Wildman–Crippen LogP) is 1.66.